The Hall–Kier alpha value is -3.84. The van der Waals surface area contributed by atoms with E-state index in [2.05, 4.69) is 15.2 Å². The first kappa shape index (κ1) is 35.5. The van der Waals surface area contributed by atoms with Gasteiger partial charge in [-0.15, -0.1) is 0 Å². The van der Waals surface area contributed by atoms with Crippen LogP contribution in [0.15, 0.2) is 48.8 Å². The molecule has 260 valence electrons. The van der Waals surface area contributed by atoms with Gasteiger partial charge in [0.25, 0.3) is 0 Å². The molecule has 0 spiro atoms. The van der Waals surface area contributed by atoms with E-state index in [-0.39, 0.29) is 30.2 Å². The summed E-state index contributed by atoms with van der Waals surface area (Å²) in [5, 5.41) is 7.13. The quantitative estimate of drug-likeness (QED) is 0.154. The molecule has 1 aliphatic heterocycles. The van der Waals surface area contributed by atoms with Crippen molar-refractivity contribution in [2.75, 3.05) is 12.3 Å². The fourth-order valence-electron chi connectivity index (χ4n) is 5.93. The van der Waals surface area contributed by atoms with Crippen LogP contribution in [0, 0.1) is 5.92 Å². The normalized spacial score (nSPS) is 24.4. The van der Waals surface area contributed by atoms with Gasteiger partial charge in [-0.3, -0.25) is 18.9 Å². The van der Waals surface area contributed by atoms with Gasteiger partial charge >= 0.3 is 19.7 Å². The zero-order valence-electron chi connectivity index (χ0n) is 27.7. The standard InChI is InChI=1S/C33H44N5O9P/c1-5-28(40)44-30-26(46-33(4,31(30)45-29(41)6-2)27-18-16-24-32(34)35-20-36-38(24)27)19-43-48(42,47-23-13-8-7-9-14-23)37-21(3)25(39)17-15-22-11-10-12-22/h7-9,13-14,16,18,20-22,26,30-31H,5-6,10-12,15,17,19H2,1-4H3,(H,37,42)(H2,34,35,36)/t21-,26+,30+,31+,33-,48?/m0/s1. The predicted molar refractivity (Wildman–Crippen MR) is 175 cm³/mol. The maximum atomic E-state index is 14.4. The molecule has 1 unspecified atom stereocenters. The number of ketones is 1. The van der Waals surface area contributed by atoms with Crippen molar-refractivity contribution in [3.8, 4) is 5.75 Å². The molecule has 2 fully saturated rings. The van der Waals surface area contributed by atoms with Crippen molar-refractivity contribution in [1.82, 2.24) is 19.7 Å². The number of nitrogens with two attached hydrogens (primary N) is 1. The molecular formula is C33H44N5O9P. The van der Waals surface area contributed by atoms with E-state index < -0.39 is 56.2 Å². The Morgan fingerprint density at radius 1 is 1.10 bits per heavy atom. The number of anilines is 1. The number of nitrogens with zero attached hydrogens (tertiary/aromatic N) is 3. The Bertz CT molecular complexity index is 1650. The van der Waals surface area contributed by atoms with Crippen molar-refractivity contribution in [1.29, 1.82) is 0 Å². The lowest BCUT2D eigenvalue weighted by molar-refractivity contribution is -0.170. The minimum atomic E-state index is -4.25. The number of hydrogen-bond donors (Lipinski definition) is 2. The SMILES string of the molecule is CCC(=O)O[C@H]1[C@@H](OC(=O)CC)[C@](C)(c2ccc3c(N)ncnn23)O[C@@H]1COP(=O)(N[C@@H](C)C(=O)CCC1CCC1)Oc1ccccc1. The summed E-state index contributed by atoms with van der Waals surface area (Å²) in [6.45, 7) is 6.13. The summed E-state index contributed by atoms with van der Waals surface area (Å²) in [7, 11) is -4.25. The highest BCUT2D eigenvalue weighted by Gasteiger charge is 2.59. The summed E-state index contributed by atoms with van der Waals surface area (Å²) in [5.74, 6) is -0.241. The van der Waals surface area contributed by atoms with Gasteiger partial charge in [-0.25, -0.2) is 19.2 Å². The highest BCUT2D eigenvalue weighted by molar-refractivity contribution is 7.52. The Morgan fingerprint density at radius 3 is 2.48 bits per heavy atom. The van der Waals surface area contributed by atoms with Gasteiger partial charge in [-0.05, 0) is 50.5 Å². The maximum absolute atomic E-state index is 14.4. The average molecular weight is 686 g/mol. The monoisotopic (exact) mass is 685 g/mol. The number of nitrogen functional groups attached to an aromatic ring is 1. The van der Waals surface area contributed by atoms with Crippen molar-refractivity contribution in [2.45, 2.75) is 103 Å². The third kappa shape index (κ3) is 7.89. The summed E-state index contributed by atoms with van der Waals surface area (Å²) in [6, 6.07) is 11.0. The summed E-state index contributed by atoms with van der Waals surface area (Å²) >= 11 is 0. The average Bonchev–Trinajstić information content (AvgIpc) is 3.60. The first-order valence-electron chi connectivity index (χ1n) is 16.4. The summed E-state index contributed by atoms with van der Waals surface area (Å²) in [6.07, 6.45) is 2.43. The van der Waals surface area contributed by atoms with E-state index in [0.717, 1.165) is 19.3 Å². The maximum Gasteiger partial charge on any atom is 0.459 e. The van der Waals surface area contributed by atoms with Crippen molar-refractivity contribution in [3.63, 3.8) is 0 Å². The minimum absolute atomic E-state index is 0.0324. The molecule has 5 rings (SSSR count). The molecule has 1 saturated heterocycles. The number of nitrogens with one attached hydrogen (secondary N) is 1. The highest BCUT2D eigenvalue weighted by Crippen LogP contribution is 2.48. The van der Waals surface area contributed by atoms with Gasteiger partial charge < -0.3 is 24.5 Å². The number of rotatable bonds is 16. The summed E-state index contributed by atoms with van der Waals surface area (Å²) in [5.41, 5.74) is 5.56. The number of hydrogen-bond acceptors (Lipinski definition) is 12. The van der Waals surface area contributed by atoms with E-state index in [4.69, 9.17) is 29.0 Å². The largest absolute Gasteiger partial charge is 0.459 e. The van der Waals surface area contributed by atoms with E-state index in [1.807, 2.05) is 0 Å². The Labute approximate surface area is 279 Å². The molecule has 1 saturated carbocycles. The molecule has 48 heavy (non-hydrogen) atoms. The molecule has 3 N–H and O–H groups in total. The van der Waals surface area contributed by atoms with Gasteiger partial charge in [-0.2, -0.15) is 5.10 Å². The van der Waals surface area contributed by atoms with E-state index in [1.54, 1.807) is 70.2 Å². The van der Waals surface area contributed by atoms with E-state index in [1.165, 1.54) is 17.3 Å². The molecule has 1 aromatic carbocycles. The van der Waals surface area contributed by atoms with Gasteiger partial charge in [0.2, 0.25) is 0 Å². The third-order valence-electron chi connectivity index (χ3n) is 8.93. The molecule has 15 heteroatoms. The Morgan fingerprint density at radius 2 is 1.81 bits per heavy atom. The van der Waals surface area contributed by atoms with Crippen LogP contribution in [0.3, 0.4) is 0 Å². The van der Waals surface area contributed by atoms with E-state index in [9.17, 15) is 18.9 Å². The van der Waals surface area contributed by atoms with Crippen LogP contribution < -0.4 is 15.3 Å². The number of para-hydroxylation sites is 1. The number of aromatic nitrogens is 3. The first-order chi connectivity index (χ1) is 23.0. The van der Waals surface area contributed by atoms with Crippen LogP contribution in [0.2, 0.25) is 0 Å². The van der Waals surface area contributed by atoms with Crippen molar-refractivity contribution in [3.05, 3.63) is 54.5 Å². The van der Waals surface area contributed by atoms with Gasteiger partial charge in [0.15, 0.2) is 18.0 Å². The Balaban J connectivity index is 1.45. The predicted octanol–water partition coefficient (Wildman–Crippen LogP) is 4.90. The lowest BCUT2D eigenvalue weighted by atomic mass is 9.81. The molecule has 2 aromatic heterocycles. The molecule has 0 radical (unpaired) electrons. The number of carbonyl (C=O) groups is 3. The lowest BCUT2D eigenvalue weighted by Gasteiger charge is -2.31. The number of fused-ring (bicyclic) bond motifs is 1. The van der Waals surface area contributed by atoms with Crippen LogP contribution in [-0.2, 0) is 43.3 Å². The molecule has 3 heterocycles. The molecule has 6 atom stereocenters. The molecule has 14 nitrogen and oxygen atoms in total. The highest BCUT2D eigenvalue weighted by atomic mass is 31.2. The molecule has 1 aliphatic carbocycles. The van der Waals surface area contributed by atoms with Gasteiger partial charge in [0, 0.05) is 19.3 Å². The second kappa shape index (κ2) is 15.1. The summed E-state index contributed by atoms with van der Waals surface area (Å²) < 4.78 is 46.1. The zero-order chi connectivity index (χ0) is 34.5. The third-order valence-corrected chi connectivity index (χ3v) is 10.6. The Kier molecular flexibility index (Phi) is 11.2. The summed E-state index contributed by atoms with van der Waals surface area (Å²) in [4.78, 5) is 42.6. The zero-order valence-corrected chi connectivity index (χ0v) is 28.6. The smallest absolute Gasteiger partial charge is 0.455 e. The van der Waals surface area contributed by atoms with Crippen LogP contribution >= 0.6 is 7.75 Å². The van der Waals surface area contributed by atoms with Crippen molar-refractivity contribution >= 4 is 36.8 Å². The molecule has 2 aliphatic rings. The van der Waals surface area contributed by atoms with Gasteiger partial charge in [-0.1, -0.05) is 51.3 Å². The van der Waals surface area contributed by atoms with E-state index >= 15 is 0 Å². The molecular weight excluding hydrogens is 641 g/mol. The molecule has 0 bridgehead atoms. The van der Waals surface area contributed by atoms with Gasteiger partial charge in [0.1, 0.15) is 35.1 Å². The second-order valence-corrected chi connectivity index (χ2v) is 14.0. The van der Waals surface area contributed by atoms with Crippen molar-refractivity contribution < 1.29 is 42.2 Å². The second-order valence-electron chi connectivity index (χ2n) is 12.3. The van der Waals surface area contributed by atoms with Crippen LogP contribution in [0.5, 0.6) is 5.75 Å². The van der Waals surface area contributed by atoms with Crippen LogP contribution in [0.4, 0.5) is 5.82 Å². The first-order valence-corrected chi connectivity index (χ1v) is 18.0. The van der Waals surface area contributed by atoms with Gasteiger partial charge in [0.05, 0.1) is 18.3 Å². The van der Waals surface area contributed by atoms with Crippen LogP contribution in [0.25, 0.3) is 5.52 Å². The fraction of sp³-hybridized carbons (Fsp3) is 0.545. The number of ether oxygens (including phenoxy) is 3. The molecule has 0 amide bonds. The van der Waals surface area contributed by atoms with Crippen LogP contribution in [0.1, 0.15) is 78.3 Å². The fourth-order valence-corrected chi connectivity index (χ4v) is 7.47. The topological polar surface area (TPSA) is 183 Å². The van der Waals surface area contributed by atoms with E-state index in [0.29, 0.717) is 23.5 Å². The minimum Gasteiger partial charge on any atom is -0.455 e. The van der Waals surface area contributed by atoms with Crippen LogP contribution in [-0.4, -0.2) is 63.3 Å². The number of carbonyl (C=O) groups excluding carboxylic acids is 3. The number of benzene rings is 1. The number of Topliss-reactive ketones (excluding diaryl/α,β-unsaturated/α-hetero) is 1. The number of esters is 2. The van der Waals surface area contributed by atoms with Crippen molar-refractivity contribution in [2.24, 2.45) is 5.92 Å². The lowest BCUT2D eigenvalue weighted by Crippen LogP contribution is -2.45. The molecule has 3 aromatic rings.